The Morgan fingerprint density at radius 3 is 2.31 bits per heavy atom. The van der Waals surface area contributed by atoms with Gasteiger partial charge in [0.1, 0.15) is 6.61 Å². The van der Waals surface area contributed by atoms with Gasteiger partial charge in [0.2, 0.25) is 0 Å². The quantitative estimate of drug-likeness (QED) is 0.378. The minimum atomic E-state index is 0.246. The van der Waals surface area contributed by atoms with Crippen LogP contribution in [0.25, 0.3) is 0 Å². The van der Waals surface area contributed by atoms with Crippen LogP contribution in [0.3, 0.4) is 0 Å². The van der Waals surface area contributed by atoms with E-state index in [0.29, 0.717) is 39.7 Å². The zero-order valence-electron chi connectivity index (χ0n) is 15.6. The van der Waals surface area contributed by atoms with E-state index in [4.69, 9.17) is 55.9 Å². The van der Waals surface area contributed by atoms with Gasteiger partial charge in [0.15, 0.2) is 11.5 Å². The van der Waals surface area contributed by atoms with E-state index in [0.717, 1.165) is 21.7 Å². The first kappa shape index (κ1) is 22.1. The molecule has 0 aliphatic carbocycles. The largest absolute Gasteiger partial charge is 0.493 e. The first-order valence-corrected chi connectivity index (χ1v) is 10.4. The van der Waals surface area contributed by atoms with Crippen LogP contribution in [-0.4, -0.2) is 7.11 Å². The standard InChI is InChI=1S/C22H19Cl4NO2/c1-28-21-9-14(11-27-12-15-4-2-3-5-18(15)24)8-20(26)22(21)29-13-16-6-7-17(23)10-19(16)25/h2-10,27H,11-13H2,1H3. The molecule has 0 fully saturated rings. The van der Waals surface area contributed by atoms with E-state index in [-0.39, 0.29) is 6.61 Å². The Morgan fingerprint density at radius 2 is 1.59 bits per heavy atom. The lowest BCUT2D eigenvalue weighted by Gasteiger charge is -2.15. The fourth-order valence-corrected chi connectivity index (χ4v) is 3.74. The van der Waals surface area contributed by atoms with Crippen LogP contribution in [0.1, 0.15) is 16.7 Å². The van der Waals surface area contributed by atoms with Crippen LogP contribution in [0.15, 0.2) is 54.6 Å². The van der Waals surface area contributed by atoms with Crippen molar-refractivity contribution in [2.24, 2.45) is 0 Å². The number of ether oxygens (including phenoxy) is 2. The molecule has 0 radical (unpaired) electrons. The number of halogens is 4. The van der Waals surface area contributed by atoms with Crippen molar-refractivity contribution in [3.63, 3.8) is 0 Å². The van der Waals surface area contributed by atoms with Gasteiger partial charge in [-0.1, -0.05) is 70.7 Å². The van der Waals surface area contributed by atoms with Gasteiger partial charge >= 0.3 is 0 Å². The molecule has 0 spiro atoms. The zero-order chi connectivity index (χ0) is 20.8. The van der Waals surface area contributed by atoms with Crippen LogP contribution < -0.4 is 14.8 Å². The number of rotatable bonds is 8. The molecule has 0 aliphatic heterocycles. The summed E-state index contributed by atoms with van der Waals surface area (Å²) in [5, 5.41) is 5.66. The molecule has 152 valence electrons. The van der Waals surface area contributed by atoms with Crippen LogP contribution in [0.2, 0.25) is 20.1 Å². The van der Waals surface area contributed by atoms with Gasteiger partial charge in [-0.15, -0.1) is 0 Å². The molecule has 3 aromatic rings. The first-order chi connectivity index (χ1) is 14.0. The summed E-state index contributed by atoms with van der Waals surface area (Å²) >= 11 is 24.8. The first-order valence-electron chi connectivity index (χ1n) is 8.85. The van der Waals surface area contributed by atoms with Crippen LogP contribution in [0.4, 0.5) is 0 Å². The molecule has 3 rings (SSSR count). The van der Waals surface area contributed by atoms with Gasteiger partial charge in [-0.3, -0.25) is 0 Å². The van der Waals surface area contributed by atoms with Gasteiger partial charge in [-0.05, 0) is 41.5 Å². The van der Waals surface area contributed by atoms with E-state index in [1.807, 2.05) is 42.5 Å². The van der Waals surface area contributed by atoms with E-state index < -0.39 is 0 Å². The third-order valence-electron chi connectivity index (χ3n) is 4.28. The molecular weight excluding hydrogens is 452 g/mol. The van der Waals surface area contributed by atoms with Crippen LogP contribution in [0, 0.1) is 0 Å². The molecule has 0 saturated heterocycles. The number of methoxy groups -OCH3 is 1. The second-order valence-corrected chi connectivity index (χ2v) is 7.99. The molecule has 1 N–H and O–H groups in total. The fraction of sp³-hybridized carbons (Fsp3) is 0.182. The average molecular weight is 471 g/mol. The lowest BCUT2D eigenvalue weighted by molar-refractivity contribution is 0.284. The third kappa shape index (κ3) is 5.94. The van der Waals surface area contributed by atoms with E-state index >= 15 is 0 Å². The average Bonchev–Trinajstić information content (AvgIpc) is 2.69. The molecule has 29 heavy (non-hydrogen) atoms. The highest BCUT2D eigenvalue weighted by molar-refractivity contribution is 6.35. The summed E-state index contributed by atoms with van der Waals surface area (Å²) < 4.78 is 11.4. The second kappa shape index (κ2) is 10.4. The molecule has 3 aromatic carbocycles. The normalized spacial score (nSPS) is 10.8. The number of hydrogen-bond acceptors (Lipinski definition) is 3. The van der Waals surface area contributed by atoms with Crippen molar-refractivity contribution in [2.45, 2.75) is 19.7 Å². The van der Waals surface area contributed by atoms with Crippen LogP contribution in [-0.2, 0) is 19.7 Å². The molecular formula is C22H19Cl4NO2. The summed E-state index contributed by atoms with van der Waals surface area (Å²) in [5.74, 6) is 1.02. The van der Waals surface area contributed by atoms with Crippen molar-refractivity contribution >= 4 is 46.4 Å². The Bertz CT molecular complexity index is 995. The summed E-state index contributed by atoms with van der Waals surface area (Å²) in [6.07, 6.45) is 0. The topological polar surface area (TPSA) is 30.5 Å². The summed E-state index contributed by atoms with van der Waals surface area (Å²) in [6, 6.07) is 16.7. The minimum absolute atomic E-state index is 0.246. The minimum Gasteiger partial charge on any atom is -0.493 e. The summed E-state index contributed by atoms with van der Waals surface area (Å²) in [4.78, 5) is 0. The Hall–Kier alpha value is -1.62. The molecule has 0 atom stereocenters. The summed E-state index contributed by atoms with van der Waals surface area (Å²) in [5.41, 5.74) is 2.81. The maximum absolute atomic E-state index is 6.46. The van der Waals surface area contributed by atoms with Crippen LogP contribution >= 0.6 is 46.4 Å². The summed E-state index contributed by atoms with van der Waals surface area (Å²) in [6.45, 7) is 1.49. The number of nitrogens with one attached hydrogen (secondary N) is 1. The molecule has 0 heterocycles. The zero-order valence-corrected chi connectivity index (χ0v) is 18.7. The van der Waals surface area contributed by atoms with Crippen molar-refractivity contribution in [1.29, 1.82) is 0 Å². The van der Waals surface area contributed by atoms with E-state index in [9.17, 15) is 0 Å². The highest BCUT2D eigenvalue weighted by atomic mass is 35.5. The van der Waals surface area contributed by atoms with Gasteiger partial charge in [-0.25, -0.2) is 0 Å². The van der Waals surface area contributed by atoms with Crippen molar-refractivity contribution in [3.8, 4) is 11.5 Å². The Morgan fingerprint density at radius 1 is 0.793 bits per heavy atom. The maximum Gasteiger partial charge on any atom is 0.180 e. The summed E-state index contributed by atoms with van der Waals surface area (Å²) in [7, 11) is 1.58. The predicted octanol–water partition coefficient (Wildman–Crippen LogP) is 7.18. The Labute approximate surface area is 190 Å². The van der Waals surface area contributed by atoms with Crippen molar-refractivity contribution in [3.05, 3.63) is 91.4 Å². The number of hydrogen-bond donors (Lipinski definition) is 1. The van der Waals surface area contributed by atoms with Gasteiger partial charge < -0.3 is 14.8 Å². The highest BCUT2D eigenvalue weighted by Crippen LogP contribution is 2.37. The van der Waals surface area contributed by atoms with Gasteiger partial charge in [-0.2, -0.15) is 0 Å². The second-order valence-electron chi connectivity index (χ2n) is 6.33. The lowest BCUT2D eigenvalue weighted by Crippen LogP contribution is -2.13. The van der Waals surface area contributed by atoms with Gasteiger partial charge in [0, 0.05) is 33.7 Å². The van der Waals surface area contributed by atoms with E-state index in [2.05, 4.69) is 5.32 Å². The molecule has 0 aliphatic rings. The van der Waals surface area contributed by atoms with Crippen molar-refractivity contribution in [2.75, 3.05) is 7.11 Å². The molecule has 7 heteroatoms. The lowest BCUT2D eigenvalue weighted by atomic mass is 10.1. The van der Waals surface area contributed by atoms with Crippen molar-refractivity contribution in [1.82, 2.24) is 5.32 Å². The third-order valence-corrected chi connectivity index (χ3v) is 5.52. The van der Waals surface area contributed by atoms with E-state index in [1.54, 1.807) is 19.2 Å². The Balaban J connectivity index is 1.67. The SMILES string of the molecule is COc1cc(CNCc2ccccc2Cl)cc(Cl)c1OCc1ccc(Cl)cc1Cl. The smallest absolute Gasteiger partial charge is 0.180 e. The van der Waals surface area contributed by atoms with Gasteiger partial charge in [0.05, 0.1) is 12.1 Å². The molecule has 0 bridgehead atoms. The predicted molar refractivity (Wildman–Crippen MR) is 121 cm³/mol. The van der Waals surface area contributed by atoms with Crippen molar-refractivity contribution < 1.29 is 9.47 Å². The fourth-order valence-electron chi connectivity index (χ4n) is 2.79. The number of benzene rings is 3. The Kier molecular flexibility index (Phi) is 7.93. The molecule has 0 aromatic heterocycles. The van der Waals surface area contributed by atoms with Gasteiger partial charge in [0.25, 0.3) is 0 Å². The maximum atomic E-state index is 6.46. The molecule has 0 saturated carbocycles. The molecule has 3 nitrogen and oxygen atoms in total. The molecule has 0 unspecified atom stereocenters. The highest BCUT2D eigenvalue weighted by Gasteiger charge is 2.13. The monoisotopic (exact) mass is 469 g/mol. The van der Waals surface area contributed by atoms with Crippen LogP contribution in [0.5, 0.6) is 11.5 Å². The molecule has 0 amide bonds. The van der Waals surface area contributed by atoms with E-state index in [1.165, 1.54) is 0 Å².